The third-order valence-electron chi connectivity index (χ3n) is 6.59. The second-order valence-electron chi connectivity index (χ2n) is 8.19. The van der Waals surface area contributed by atoms with Crippen molar-refractivity contribution in [1.82, 2.24) is 15.1 Å². The SMILES string of the molecule is O=C(NCC12CCCN1CCC2)[C@@H](c1ccc(F)cc1)N1CCCCC1. The number of hydrogen-bond donors (Lipinski definition) is 1. The molecule has 0 aromatic heterocycles. The number of carbonyl (C=O) groups is 1. The first-order valence-corrected chi connectivity index (χ1v) is 10.2. The fourth-order valence-electron chi connectivity index (χ4n) is 5.21. The number of nitrogens with one attached hydrogen (secondary N) is 1. The number of nitrogens with zero attached hydrogens (tertiary/aromatic N) is 2. The van der Waals surface area contributed by atoms with Crippen LogP contribution in [0.15, 0.2) is 24.3 Å². The molecule has 4 nitrogen and oxygen atoms in total. The summed E-state index contributed by atoms with van der Waals surface area (Å²) >= 11 is 0. The minimum absolute atomic E-state index is 0.0756. The molecule has 0 saturated carbocycles. The maximum Gasteiger partial charge on any atom is 0.242 e. The summed E-state index contributed by atoms with van der Waals surface area (Å²) in [6.45, 7) is 4.96. The Hall–Kier alpha value is -1.46. The second kappa shape index (κ2) is 7.65. The van der Waals surface area contributed by atoms with Crippen molar-refractivity contribution in [3.63, 3.8) is 0 Å². The molecule has 1 aromatic rings. The zero-order valence-electron chi connectivity index (χ0n) is 15.6. The van der Waals surface area contributed by atoms with Crippen molar-refractivity contribution in [3.05, 3.63) is 35.6 Å². The van der Waals surface area contributed by atoms with Gasteiger partial charge in [0.2, 0.25) is 5.91 Å². The summed E-state index contributed by atoms with van der Waals surface area (Å²) in [5.74, 6) is -0.176. The van der Waals surface area contributed by atoms with Gasteiger partial charge in [0, 0.05) is 12.1 Å². The average molecular weight is 359 g/mol. The lowest BCUT2D eigenvalue weighted by Crippen LogP contribution is -2.51. The Balaban J connectivity index is 1.49. The van der Waals surface area contributed by atoms with Crippen LogP contribution in [0.2, 0.25) is 0 Å². The molecule has 3 fully saturated rings. The van der Waals surface area contributed by atoms with Crippen molar-refractivity contribution in [2.45, 2.75) is 56.5 Å². The molecule has 1 amide bonds. The minimum atomic E-state index is -0.302. The zero-order chi connectivity index (χ0) is 18.0. The molecule has 1 atom stereocenters. The lowest BCUT2D eigenvalue weighted by molar-refractivity contribution is -0.127. The molecule has 142 valence electrons. The van der Waals surface area contributed by atoms with Gasteiger partial charge in [-0.2, -0.15) is 0 Å². The van der Waals surface area contributed by atoms with Gasteiger partial charge in [0.25, 0.3) is 0 Å². The molecule has 1 N–H and O–H groups in total. The number of likely N-dealkylation sites (tertiary alicyclic amines) is 1. The number of carbonyl (C=O) groups excluding carboxylic acids is 1. The van der Waals surface area contributed by atoms with Crippen molar-refractivity contribution in [2.75, 3.05) is 32.7 Å². The minimum Gasteiger partial charge on any atom is -0.353 e. The van der Waals surface area contributed by atoms with E-state index < -0.39 is 0 Å². The lowest BCUT2D eigenvalue weighted by Gasteiger charge is -2.36. The van der Waals surface area contributed by atoms with E-state index in [0.717, 1.165) is 38.0 Å². The molecule has 4 rings (SSSR count). The highest BCUT2D eigenvalue weighted by atomic mass is 19.1. The third-order valence-corrected chi connectivity index (χ3v) is 6.59. The monoisotopic (exact) mass is 359 g/mol. The molecule has 0 radical (unpaired) electrons. The largest absolute Gasteiger partial charge is 0.353 e. The van der Waals surface area contributed by atoms with Crippen LogP contribution in [0.25, 0.3) is 0 Å². The van der Waals surface area contributed by atoms with Gasteiger partial charge < -0.3 is 5.32 Å². The number of hydrogen-bond acceptors (Lipinski definition) is 3. The van der Waals surface area contributed by atoms with Gasteiger partial charge in [0.05, 0.1) is 0 Å². The van der Waals surface area contributed by atoms with E-state index >= 15 is 0 Å². The molecule has 26 heavy (non-hydrogen) atoms. The van der Waals surface area contributed by atoms with Crippen LogP contribution >= 0.6 is 0 Å². The van der Waals surface area contributed by atoms with Crippen LogP contribution in [-0.4, -0.2) is 54.0 Å². The van der Waals surface area contributed by atoms with Crippen LogP contribution in [-0.2, 0) is 4.79 Å². The van der Waals surface area contributed by atoms with Crippen molar-refractivity contribution in [2.24, 2.45) is 0 Å². The van der Waals surface area contributed by atoms with Crippen LogP contribution in [0, 0.1) is 5.82 Å². The molecule has 3 aliphatic rings. The summed E-state index contributed by atoms with van der Waals surface area (Å²) in [5, 5.41) is 3.28. The second-order valence-corrected chi connectivity index (χ2v) is 8.19. The zero-order valence-corrected chi connectivity index (χ0v) is 15.6. The molecule has 0 aliphatic carbocycles. The molecular formula is C21H30FN3O. The topological polar surface area (TPSA) is 35.6 Å². The average Bonchev–Trinajstić information content (AvgIpc) is 3.23. The van der Waals surface area contributed by atoms with Crippen molar-refractivity contribution >= 4 is 5.91 Å². The van der Waals surface area contributed by atoms with Gasteiger partial charge in [-0.1, -0.05) is 18.6 Å². The Labute approximate surface area is 155 Å². The fraction of sp³-hybridized carbons (Fsp3) is 0.667. The number of benzene rings is 1. The highest BCUT2D eigenvalue weighted by Crippen LogP contribution is 2.38. The van der Waals surface area contributed by atoms with Crippen molar-refractivity contribution in [3.8, 4) is 0 Å². The number of fused-ring (bicyclic) bond motifs is 1. The predicted octanol–water partition coefficient (Wildman–Crippen LogP) is 3.10. The number of amides is 1. The van der Waals surface area contributed by atoms with Gasteiger partial charge in [0.15, 0.2) is 0 Å². The lowest BCUT2D eigenvalue weighted by atomic mass is 9.93. The van der Waals surface area contributed by atoms with E-state index in [4.69, 9.17) is 0 Å². The van der Waals surface area contributed by atoms with Gasteiger partial charge in [-0.15, -0.1) is 0 Å². The summed E-state index contributed by atoms with van der Waals surface area (Å²) in [5.41, 5.74) is 1.09. The molecular weight excluding hydrogens is 329 g/mol. The summed E-state index contributed by atoms with van der Waals surface area (Å²) in [6, 6.07) is 6.17. The van der Waals surface area contributed by atoms with Gasteiger partial charge in [-0.3, -0.25) is 14.6 Å². The summed E-state index contributed by atoms with van der Waals surface area (Å²) in [6.07, 6.45) is 8.35. The molecule has 5 heteroatoms. The predicted molar refractivity (Wildman–Crippen MR) is 100 cm³/mol. The molecule has 0 bridgehead atoms. The normalized spacial score (nSPS) is 24.3. The molecule has 0 spiro atoms. The first kappa shape index (κ1) is 17.9. The first-order valence-electron chi connectivity index (χ1n) is 10.2. The standard InChI is InChI=1S/C21H30FN3O/c22-18-8-6-17(7-9-18)19(24-12-2-1-3-13-24)20(26)23-16-21-10-4-14-25(21)15-5-11-21/h6-9,19H,1-5,10-16H2,(H,23,26)/t19-/m1/s1. The van der Waals surface area contributed by atoms with Crippen LogP contribution in [0.4, 0.5) is 4.39 Å². The van der Waals surface area contributed by atoms with Crippen molar-refractivity contribution < 1.29 is 9.18 Å². The van der Waals surface area contributed by atoms with Gasteiger partial charge in [0.1, 0.15) is 11.9 Å². The van der Waals surface area contributed by atoms with Crippen LogP contribution in [0.1, 0.15) is 56.6 Å². The van der Waals surface area contributed by atoms with E-state index in [0.29, 0.717) is 0 Å². The number of piperidine rings is 1. The molecule has 0 unspecified atom stereocenters. The van der Waals surface area contributed by atoms with E-state index in [-0.39, 0.29) is 23.3 Å². The van der Waals surface area contributed by atoms with Gasteiger partial charge >= 0.3 is 0 Å². The fourth-order valence-corrected chi connectivity index (χ4v) is 5.21. The van der Waals surface area contributed by atoms with Crippen LogP contribution in [0.5, 0.6) is 0 Å². The van der Waals surface area contributed by atoms with Gasteiger partial charge in [-0.25, -0.2) is 4.39 Å². The summed E-state index contributed by atoms with van der Waals surface area (Å²) in [7, 11) is 0. The summed E-state index contributed by atoms with van der Waals surface area (Å²) in [4.78, 5) is 18.0. The van der Waals surface area contributed by atoms with Crippen LogP contribution in [0.3, 0.4) is 0 Å². The first-order chi connectivity index (χ1) is 12.7. The molecule has 3 saturated heterocycles. The van der Waals surface area contributed by atoms with E-state index in [1.165, 1.54) is 57.3 Å². The third kappa shape index (κ3) is 3.52. The summed E-state index contributed by atoms with van der Waals surface area (Å²) < 4.78 is 13.4. The molecule has 3 heterocycles. The Kier molecular flexibility index (Phi) is 5.28. The Morgan fingerprint density at radius 2 is 1.65 bits per heavy atom. The highest BCUT2D eigenvalue weighted by molar-refractivity contribution is 5.83. The van der Waals surface area contributed by atoms with E-state index in [9.17, 15) is 9.18 Å². The number of halogens is 1. The molecule has 3 aliphatic heterocycles. The van der Waals surface area contributed by atoms with Crippen LogP contribution < -0.4 is 5.32 Å². The van der Waals surface area contributed by atoms with E-state index in [2.05, 4.69) is 15.1 Å². The highest BCUT2D eigenvalue weighted by Gasteiger charge is 2.44. The Morgan fingerprint density at radius 3 is 2.31 bits per heavy atom. The van der Waals surface area contributed by atoms with Gasteiger partial charge in [-0.05, 0) is 82.4 Å². The molecule has 1 aromatic carbocycles. The maximum absolute atomic E-state index is 13.4. The Bertz CT molecular complexity index is 617. The smallest absolute Gasteiger partial charge is 0.242 e. The maximum atomic E-state index is 13.4. The van der Waals surface area contributed by atoms with E-state index in [1.54, 1.807) is 12.1 Å². The number of rotatable bonds is 5. The van der Waals surface area contributed by atoms with Crippen molar-refractivity contribution in [1.29, 1.82) is 0 Å². The quantitative estimate of drug-likeness (QED) is 0.877. The van der Waals surface area contributed by atoms with E-state index in [1.807, 2.05) is 0 Å². The Morgan fingerprint density at radius 1 is 1.00 bits per heavy atom.